The summed E-state index contributed by atoms with van der Waals surface area (Å²) in [7, 11) is 0. The van der Waals surface area contributed by atoms with Crippen molar-refractivity contribution in [1.82, 2.24) is 10.9 Å². The third kappa shape index (κ3) is 3.88. The van der Waals surface area contributed by atoms with Crippen LogP contribution in [0.25, 0.3) is 0 Å². The maximum atomic E-state index is 12.5. The molecule has 2 amide bonds. The largest absolute Gasteiger partial charge is 0.485 e. The average molecular weight is 366 g/mol. The maximum Gasteiger partial charge on any atom is 0.416 e. The van der Waals surface area contributed by atoms with Gasteiger partial charge in [0.2, 0.25) is 6.10 Å². The first-order chi connectivity index (χ1) is 12.3. The van der Waals surface area contributed by atoms with Gasteiger partial charge in [-0.2, -0.15) is 13.2 Å². The SMILES string of the molecule is O=C(NNC(=O)[C@@H]1COc2ccccc2O1)c1ccc(C(F)(F)F)cc1. The number of nitrogens with one attached hydrogen (secondary N) is 2. The standard InChI is InChI=1S/C17H13F3N2O4/c18-17(19,20)11-7-5-10(6-8-11)15(23)21-22-16(24)14-9-25-12-3-1-2-4-13(12)26-14/h1-8,14H,9H2,(H,21,23)(H,22,24)/t14-/m0/s1. The Morgan fingerprint density at radius 2 is 1.62 bits per heavy atom. The Morgan fingerprint density at radius 1 is 0.962 bits per heavy atom. The topological polar surface area (TPSA) is 76.7 Å². The molecule has 0 unspecified atom stereocenters. The van der Waals surface area contributed by atoms with Crippen LogP contribution in [-0.4, -0.2) is 24.5 Å². The Balaban J connectivity index is 1.55. The number of benzene rings is 2. The lowest BCUT2D eigenvalue weighted by molar-refractivity contribution is -0.137. The number of para-hydroxylation sites is 2. The molecular formula is C17H13F3N2O4. The van der Waals surface area contributed by atoms with Crippen LogP contribution in [0.1, 0.15) is 15.9 Å². The summed E-state index contributed by atoms with van der Waals surface area (Å²) in [6.45, 7) is -0.0427. The molecule has 0 bridgehead atoms. The second-order valence-electron chi connectivity index (χ2n) is 5.38. The van der Waals surface area contributed by atoms with Gasteiger partial charge in [0.1, 0.15) is 6.61 Å². The molecule has 3 rings (SSSR count). The van der Waals surface area contributed by atoms with E-state index in [1.807, 2.05) is 0 Å². The van der Waals surface area contributed by atoms with E-state index in [2.05, 4.69) is 10.9 Å². The summed E-state index contributed by atoms with van der Waals surface area (Å²) in [6.07, 6.45) is -5.46. The summed E-state index contributed by atoms with van der Waals surface area (Å²) in [5.41, 5.74) is 3.38. The van der Waals surface area contributed by atoms with Gasteiger partial charge < -0.3 is 9.47 Å². The Labute approximate surface area is 145 Å². The first kappa shape index (κ1) is 17.6. The van der Waals surface area contributed by atoms with Gasteiger partial charge in [0.15, 0.2) is 11.5 Å². The van der Waals surface area contributed by atoms with Gasteiger partial charge in [0, 0.05) is 5.56 Å². The molecule has 1 heterocycles. The van der Waals surface area contributed by atoms with Crippen molar-refractivity contribution in [3.8, 4) is 11.5 Å². The molecule has 0 aromatic heterocycles. The quantitative estimate of drug-likeness (QED) is 0.800. The van der Waals surface area contributed by atoms with Crippen LogP contribution in [0.3, 0.4) is 0 Å². The average Bonchev–Trinajstić information content (AvgIpc) is 2.64. The number of carbonyl (C=O) groups excluding carboxylic acids is 2. The smallest absolute Gasteiger partial charge is 0.416 e. The second kappa shape index (κ2) is 6.95. The van der Waals surface area contributed by atoms with E-state index < -0.39 is 29.7 Å². The first-order valence-electron chi connectivity index (χ1n) is 7.50. The predicted octanol–water partition coefficient (Wildman–Crippen LogP) is 2.31. The Kier molecular flexibility index (Phi) is 4.70. The lowest BCUT2D eigenvalue weighted by Gasteiger charge is -2.25. The Morgan fingerprint density at radius 3 is 2.27 bits per heavy atom. The zero-order valence-electron chi connectivity index (χ0n) is 13.2. The molecule has 1 aliphatic rings. The van der Waals surface area contributed by atoms with Crippen molar-refractivity contribution in [3.63, 3.8) is 0 Å². The molecule has 0 fully saturated rings. The molecular weight excluding hydrogens is 353 g/mol. The summed E-state index contributed by atoms with van der Waals surface area (Å²) in [4.78, 5) is 24.0. The summed E-state index contributed by atoms with van der Waals surface area (Å²) >= 11 is 0. The number of hydrogen-bond acceptors (Lipinski definition) is 4. The van der Waals surface area contributed by atoms with Crippen LogP contribution in [0.2, 0.25) is 0 Å². The summed E-state index contributed by atoms with van der Waals surface area (Å²) < 4.78 is 48.4. The lowest BCUT2D eigenvalue weighted by atomic mass is 10.1. The molecule has 1 aliphatic heterocycles. The fraction of sp³-hybridized carbons (Fsp3) is 0.176. The molecule has 1 atom stereocenters. The van der Waals surface area contributed by atoms with Crippen LogP contribution in [0.15, 0.2) is 48.5 Å². The van der Waals surface area contributed by atoms with Crippen molar-refractivity contribution in [3.05, 3.63) is 59.7 Å². The number of fused-ring (bicyclic) bond motifs is 1. The second-order valence-corrected chi connectivity index (χ2v) is 5.38. The van der Waals surface area contributed by atoms with Crippen molar-refractivity contribution >= 4 is 11.8 Å². The van der Waals surface area contributed by atoms with Crippen molar-refractivity contribution < 1.29 is 32.2 Å². The van der Waals surface area contributed by atoms with Crippen LogP contribution < -0.4 is 20.3 Å². The highest BCUT2D eigenvalue weighted by molar-refractivity contribution is 5.95. The monoisotopic (exact) mass is 366 g/mol. The van der Waals surface area contributed by atoms with Gasteiger partial charge in [-0.1, -0.05) is 12.1 Å². The molecule has 0 radical (unpaired) electrons. The lowest BCUT2D eigenvalue weighted by Crippen LogP contribution is -2.50. The van der Waals surface area contributed by atoms with E-state index in [9.17, 15) is 22.8 Å². The van der Waals surface area contributed by atoms with Crippen molar-refractivity contribution in [2.45, 2.75) is 12.3 Å². The molecule has 2 N–H and O–H groups in total. The predicted molar refractivity (Wildman–Crippen MR) is 83.4 cm³/mol. The van der Waals surface area contributed by atoms with Gasteiger partial charge in [-0.3, -0.25) is 20.4 Å². The molecule has 2 aromatic rings. The highest BCUT2D eigenvalue weighted by atomic mass is 19.4. The van der Waals surface area contributed by atoms with E-state index in [-0.39, 0.29) is 12.2 Å². The van der Waals surface area contributed by atoms with Crippen molar-refractivity contribution in [2.75, 3.05) is 6.61 Å². The number of alkyl halides is 3. The molecule has 6 nitrogen and oxygen atoms in total. The molecule has 136 valence electrons. The minimum Gasteiger partial charge on any atom is -0.485 e. The van der Waals surface area contributed by atoms with Gasteiger partial charge in [0.05, 0.1) is 5.56 Å². The van der Waals surface area contributed by atoms with Crippen molar-refractivity contribution in [1.29, 1.82) is 0 Å². The van der Waals surface area contributed by atoms with E-state index in [1.165, 1.54) is 0 Å². The van der Waals surface area contributed by atoms with Gasteiger partial charge in [-0.15, -0.1) is 0 Å². The van der Waals surface area contributed by atoms with E-state index in [0.29, 0.717) is 11.5 Å². The third-order valence-corrected chi connectivity index (χ3v) is 3.57. The van der Waals surface area contributed by atoms with E-state index in [0.717, 1.165) is 24.3 Å². The minimum absolute atomic E-state index is 0.0375. The fourth-order valence-electron chi connectivity index (χ4n) is 2.23. The molecule has 9 heteroatoms. The van der Waals surface area contributed by atoms with Crippen LogP contribution in [-0.2, 0) is 11.0 Å². The molecule has 26 heavy (non-hydrogen) atoms. The number of ether oxygens (including phenoxy) is 2. The fourth-order valence-corrected chi connectivity index (χ4v) is 2.23. The highest BCUT2D eigenvalue weighted by Gasteiger charge is 2.30. The highest BCUT2D eigenvalue weighted by Crippen LogP contribution is 2.31. The minimum atomic E-state index is -4.49. The summed E-state index contributed by atoms with van der Waals surface area (Å²) in [6, 6.07) is 10.4. The van der Waals surface area contributed by atoms with Crippen LogP contribution in [0, 0.1) is 0 Å². The zero-order chi connectivity index (χ0) is 18.7. The normalized spacial score (nSPS) is 15.9. The molecule has 0 saturated heterocycles. The summed E-state index contributed by atoms with van der Waals surface area (Å²) in [5.74, 6) is -0.512. The van der Waals surface area contributed by atoms with E-state index >= 15 is 0 Å². The number of hydrogen-bond donors (Lipinski definition) is 2. The van der Waals surface area contributed by atoms with E-state index in [4.69, 9.17) is 9.47 Å². The first-order valence-corrected chi connectivity index (χ1v) is 7.50. The van der Waals surface area contributed by atoms with E-state index in [1.54, 1.807) is 24.3 Å². The number of amides is 2. The third-order valence-electron chi connectivity index (χ3n) is 3.57. The number of hydrazine groups is 1. The number of carbonyl (C=O) groups is 2. The maximum absolute atomic E-state index is 12.5. The van der Waals surface area contributed by atoms with Gasteiger partial charge in [0.25, 0.3) is 11.8 Å². The number of halogens is 3. The Hall–Kier alpha value is -3.23. The molecule has 0 aliphatic carbocycles. The van der Waals surface area contributed by atoms with Gasteiger partial charge in [-0.25, -0.2) is 0 Å². The van der Waals surface area contributed by atoms with Gasteiger partial charge in [-0.05, 0) is 36.4 Å². The Bertz CT molecular complexity index is 822. The van der Waals surface area contributed by atoms with Crippen LogP contribution >= 0.6 is 0 Å². The van der Waals surface area contributed by atoms with Crippen LogP contribution in [0.4, 0.5) is 13.2 Å². The van der Waals surface area contributed by atoms with Crippen molar-refractivity contribution in [2.24, 2.45) is 0 Å². The van der Waals surface area contributed by atoms with Gasteiger partial charge >= 0.3 is 6.18 Å². The molecule has 2 aromatic carbocycles. The number of rotatable bonds is 2. The molecule has 0 saturated carbocycles. The summed E-state index contributed by atoms with van der Waals surface area (Å²) in [5, 5.41) is 0. The molecule has 0 spiro atoms. The van der Waals surface area contributed by atoms with Crippen LogP contribution in [0.5, 0.6) is 11.5 Å². The zero-order valence-corrected chi connectivity index (χ0v) is 13.2.